The number of anilines is 1. The van der Waals surface area contributed by atoms with E-state index in [9.17, 15) is 19.2 Å². The van der Waals surface area contributed by atoms with E-state index in [0.29, 0.717) is 24.1 Å². The molecule has 7 nitrogen and oxygen atoms in total. The summed E-state index contributed by atoms with van der Waals surface area (Å²) in [4.78, 5) is 53.4. The molecule has 3 atom stereocenters. The van der Waals surface area contributed by atoms with E-state index in [-0.39, 0.29) is 48.1 Å². The second kappa shape index (κ2) is 9.40. The van der Waals surface area contributed by atoms with Gasteiger partial charge in [0.25, 0.3) is 5.91 Å². The maximum Gasteiger partial charge on any atom is 0.255 e. The molecule has 33 heavy (non-hydrogen) atoms. The zero-order valence-electron chi connectivity index (χ0n) is 18.7. The first kappa shape index (κ1) is 22.5. The predicted molar refractivity (Wildman–Crippen MR) is 124 cm³/mol. The summed E-state index contributed by atoms with van der Waals surface area (Å²) in [6, 6.07) is 15.9. The predicted octanol–water partition coefficient (Wildman–Crippen LogP) is 3.41. The number of nitrogens with zero attached hydrogens (tertiary/aromatic N) is 2. The smallest absolute Gasteiger partial charge is 0.255 e. The van der Waals surface area contributed by atoms with Gasteiger partial charge in [-0.1, -0.05) is 42.5 Å². The maximum absolute atomic E-state index is 13.0. The maximum atomic E-state index is 13.0. The number of nitrogens with one attached hydrogen (secondary N) is 1. The lowest BCUT2D eigenvalue weighted by molar-refractivity contribution is -0.146. The summed E-state index contributed by atoms with van der Waals surface area (Å²) in [7, 11) is 1.65. The molecule has 2 aliphatic rings. The third-order valence-corrected chi connectivity index (χ3v) is 6.53. The van der Waals surface area contributed by atoms with Crippen LogP contribution in [0.3, 0.4) is 0 Å². The summed E-state index contributed by atoms with van der Waals surface area (Å²) in [5.41, 5.74) is 2.00. The number of rotatable bonds is 6. The van der Waals surface area contributed by atoms with Crippen molar-refractivity contribution in [2.24, 2.45) is 11.8 Å². The summed E-state index contributed by atoms with van der Waals surface area (Å²) < 4.78 is 0. The van der Waals surface area contributed by atoms with Crippen LogP contribution in [0.25, 0.3) is 0 Å². The summed E-state index contributed by atoms with van der Waals surface area (Å²) in [6.07, 6.45) is 4.95. The molecule has 7 heteroatoms. The molecular formula is C26H27N3O4. The number of carbonyl (C=O) groups excluding carboxylic acids is 4. The molecule has 170 valence electrons. The minimum absolute atomic E-state index is 0.216. The van der Waals surface area contributed by atoms with Gasteiger partial charge in [0.15, 0.2) is 0 Å². The van der Waals surface area contributed by atoms with Gasteiger partial charge < -0.3 is 10.2 Å². The summed E-state index contributed by atoms with van der Waals surface area (Å²) in [5.74, 6) is -1.73. The number of imide groups is 1. The number of benzene rings is 2. The molecular weight excluding hydrogens is 418 g/mol. The molecule has 1 N–H and O–H groups in total. The van der Waals surface area contributed by atoms with E-state index in [1.165, 1.54) is 4.90 Å². The van der Waals surface area contributed by atoms with Crippen molar-refractivity contribution < 1.29 is 19.2 Å². The Bertz CT molecular complexity index is 1090. The summed E-state index contributed by atoms with van der Waals surface area (Å²) >= 11 is 0. The Labute approximate surface area is 193 Å². The molecule has 0 bridgehead atoms. The first-order valence-electron chi connectivity index (χ1n) is 11.1. The SMILES string of the molecule is C[C@@H](c1cccc(NC(=O)c2ccccc2)c1)N(C)C(=O)CN1C(=O)[C@H]2CC=CC[C@H]2C1=O. The summed E-state index contributed by atoms with van der Waals surface area (Å²) in [6.45, 7) is 1.61. The van der Waals surface area contributed by atoms with Crippen molar-refractivity contribution in [3.05, 3.63) is 77.9 Å². The van der Waals surface area contributed by atoms with Crippen LogP contribution in [-0.2, 0) is 14.4 Å². The minimum atomic E-state index is -0.345. The van der Waals surface area contributed by atoms with E-state index in [2.05, 4.69) is 5.32 Å². The Balaban J connectivity index is 1.41. The molecule has 2 aromatic carbocycles. The highest BCUT2D eigenvalue weighted by Crippen LogP contribution is 2.35. The van der Waals surface area contributed by atoms with Crippen LogP contribution >= 0.6 is 0 Å². The third kappa shape index (κ3) is 4.58. The Kier molecular flexibility index (Phi) is 6.40. The zero-order chi connectivity index (χ0) is 23.5. The standard InChI is InChI=1S/C26H27N3O4/c1-17(19-11-8-12-20(15-19)27-24(31)18-9-4-3-5-10-18)28(2)23(30)16-29-25(32)21-13-6-7-14-22(21)26(29)33/h3-12,15,17,21-22H,13-14,16H2,1-2H3,(H,27,31)/t17-,21-,22+/m0/s1. The van der Waals surface area contributed by atoms with Crippen molar-refractivity contribution >= 4 is 29.3 Å². The lowest BCUT2D eigenvalue weighted by Crippen LogP contribution is -2.42. The van der Waals surface area contributed by atoms with Crippen LogP contribution in [0.2, 0.25) is 0 Å². The lowest BCUT2D eigenvalue weighted by atomic mass is 9.85. The van der Waals surface area contributed by atoms with Crippen LogP contribution in [0.4, 0.5) is 5.69 Å². The Morgan fingerprint density at radius 2 is 1.64 bits per heavy atom. The second-order valence-electron chi connectivity index (χ2n) is 8.54. The number of carbonyl (C=O) groups is 4. The molecule has 0 aromatic heterocycles. The van der Waals surface area contributed by atoms with E-state index >= 15 is 0 Å². The van der Waals surface area contributed by atoms with Gasteiger partial charge in [0.1, 0.15) is 6.54 Å². The average molecular weight is 446 g/mol. The third-order valence-electron chi connectivity index (χ3n) is 6.53. The molecule has 1 saturated heterocycles. The highest BCUT2D eigenvalue weighted by Gasteiger charge is 2.47. The molecule has 1 heterocycles. The number of likely N-dealkylation sites (N-methyl/N-ethyl adjacent to an activating group) is 1. The van der Waals surface area contributed by atoms with Crippen LogP contribution < -0.4 is 5.32 Å². The van der Waals surface area contributed by atoms with Gasteiger partial charge in [-0.05, 0) is 49.6 Å². The Morgan fingerprint density at radius 3 is 2.27 bits per heavy atom. The first-order valence-corrected chi connectivity index (χ1v) is 11.1. The minimum Gasteiger partial charge on any atom is -0.337 e. The number of hydrogen-bond donors (Lipinski definition) is 1. The van der Waals surface area contributed by atoms with Gasteiger partial charge in [-0.2, -0.15) is 0 Å². The molecule has 1 aliphatic heterocycles. The number of amides is 4. The van der Waals surface area contributed by atoms with Gasteiger partial charge in [0.05, 0.1) is 17.9 Å². The van der Waals surface area contributed by atoms with E-state index in [4.69, 9.17) is 0 Å². The molecule has 1 fully saturated rings. The highest BCUT2D eigenvalue weighted by atomic mass is 16.2. The molecule has 4 rings (SSSR count). The van der Waals surface area contributed by atoms with Gasteiger partial charge in [-0.3, -0.25) is 24.1 Å². The molecule has 1 aliphatic carbocycles. The monoisotopic (exact) mass is 445 g/mol. The van der Waals surface area contributed by atoms with Crippen LogP contribution in [0.1, 0.15) is 41.7 Å². The molecule has 0 saturated carbocycles. The number of allylic oxidation sites excluding steroid dienone is 2. The van der Waals surface area contributed by atoms with Gasteiger partial charge in [0.2, 0.25) is 17.7 Å². The van der Waals surface area contributed by atoms with Crippen LogP contribution in [-0.4, -0.2) is 47.0 Å². The van der Waals surface area contributed by atoms with E-state index in [0.717, 1.165) is 10.5 Å². The van der Waals surface area contributed by atoms with E-state index in [1.807, 2.05) is 43.3 Å². The molecule has 0 spiro atoms. The largest absolute Gasteiger partial charge is 0.337 e. The quantitative estimate of drug-likeness (QED) is 0.545. The van der Waals surface area contributed by atoms with Crippen LogP contribution in [0.15, 0.2) is 66.7 Å². The molecule has 0 unspecified atom stereocenters. The van der Waals surface area contributed by atoms with Gasteiger partial charge in [-0.15, -0.1) is 0 Å². The topological polar surface area (TPSA) is 86.8 Å². The Hall–Kier alpha value is -3.74. The fourth-order valence-electron chi connectivity index (χ4n) is 4.38. The average Bonchev–Trinajstić information content (AvgIpc) is 3.08. The van der Waals surface area contributed by atoms with Gasteiger partial charge in [-0.25, -0.2) is 0 Å². The second-order valence-corrected chi connectivity index (χ2v) is 8.54. The Morgan fingerprint density at radius 1 is 1.00 bits per heavy atom. The first-order chi connectivity index (χ1) is 15.9. The highest BCUT2D eigenvalue weighted by molar-refractivity contribution is 6.07. The fourth-order valence-corrected chi connectivity index (χ4v) is 4.38. The van der Waals surface area contributed by atoms with Crippen molar-refractivity contribution in [2.75, 3.05) is 18.9 Å². The molecule has 2 aromatic rings. The molecule has 4 amide bonds. The summed E-state index contributed by atoms with van der Waals surface area (Å²) in [5, 5.41) is 2.87. The number of hydrogen-bond acceptors (Lipinski definition) is 4. The van der Waals surface area contributed by atoms with Crippen LogP contribution in [0.5, 0.6) is 0 Å². The van der Waals surface area contributed by atoms with Crippen molar-refractivity contribution in [1.82, 2.24) is 9.80 Å². The lowest BCUT2D eigenvalue weighted by Gasteiger charge is -2.27. The van der Waals surface area contributed by atoms with Crippen molar-refractivity contribution in [3.63, 3.8) is 0 Å². The number of fused-ring (bicyclic) bond motifs is 1. The number of likely N-dealkylation sites (tertiary alicyclic amines) is 1. The van der Waals surface area contributed by atoms with Crippen molar-refractivity contribution in [2.45, 2.75) is 25.8 Å². The van der Waals surface area contributed by atoms with E-state index < -0.39 is 0 Å². The van der Waals surface area contributed by atoms with Crippen LogP contribution in [0, 0.1) is 11.8 Å². The van der Waals surface area contributed by atoms with Gasteiger partial charge in [0, 0.05) is 18.3 Å². The zero-order valence-corrected chi connectivity index (χ0v) is 18.7. The van der Waals surface area contributed by atoms with E-state index in [1.54, 1.807) is 37.4 Å². The normalized spacial score (nSPS) is 20.4. The molecule has 0 radical (unpaired) electrons. The van der Waals surface area contributed by atoms with Crippen molar-refractivity contribution in [1.29, 1.82) is 0 Å². The fraction of sp³-hybridized carbons (Fsp3) is 0.308. The van der Waals surface area contributed by atoms with Crippen molar-refractivity contribution in [3.8, 4) is 0 Å². The van der Waals surface area contributed by atoms with Gasteiger partial charge >= 0.3 is 0 Å².